The van der Waals surface area contributed by atoms with E-state index in [2.05, 4.69) is 54.8 Å². The average molecular weight is 822 g/mol. The zero-order chi connectivity index (χ0) is 42.2. The summed E-state index contributed by atoms with van der Waals surface area (Å²) in [5.74, 6) is -2.52. The van der Waals surface area contributed by atoms with Crippen LogP contribution < -0.4 is 5.73 Å². The van der Waals surface area contributed by atoms with E-state index >= 15 is 0 Å². The minimum atomic E-state index is -4.75. The van der Waals surface area contributed by atoms with Gasteiger partial charge in [-0.1, -0.05) is 137 Å². The van der Waals surface area contributed by atoms with Gasteiger partial charge in [-0.15, -0.1) is 0 Å². The highest BCUT2D eigenvalue weighted by Gasteiger charge is 2.28. The van der Waals surface area contributed by atoms with Gasteiger partial charge in [0.05, 0.1) is 19.3 Å². The smallest absolute Gasteiger partial charge is 0.472 e. The number of carboxylic acid groups (broad SMARTS) is 1. The Morgan fingerprint density at radius 1 is 0.649 bits per heavy atom. The maximum Gasteiger partial charge on any atom is 0.472 e. The number of phosphoric ester groups is 1. The number of carbonyl (C=O) groups excluding carboxylic acids is 2. The largest absolute Gasteiger partial charge is 0.480 e. The number of rotatable bonds is 37. The van der Waals surface area contributed by atoms with Crippen molar-refractivity contribution in [2.75, 3.05) is 19.8 Å². The van der Waals surface area contributed by atoms with E-state index in [1.54, 1.807) is 0 Å². The minimum Gasteiger partial charge on any atom is -0.480 e. The van der Waals surface area contributed by atoms with E-state index in [1.807, 2.05) is 48.6 Å². The molecule has 12 nitrogen and oxygen atoms in total. The molecule has 57 heavy (non-hydrogen) atoms. The lowest BCUT2D eigenvalue weighted by molar-refractivity contribution is -0.161. The number of unbranched alkanes of at least 4 members (excludes halogenated alkanes) is 8. The van der Waals surface area contributed by atoms with Crippen molar-refractivity contribution in [3.05, 3.63) is 85.1 Å². The summed E-state index contributed by atoms with van der Waals surface area (Å²) in [5, 5.41) is 18.8. The van der Waals surface area contributed by atoms with E-state index in [1.165, 1.54) is 0 Å². The number of allylic oxidation sites excluding steroid dienone is 13. The topological polar surface area (TPSA) is 192 Å². The van der Waals surface area contributed by atoms with Crippen LogP contribution in [0.4, 0.5) is 0 Å². The number of hydrogen-bond acceptors (Lipinski definition) is 10. The highest BCUT2D eigenvalue weighted by Crippen LogP contribution is 2.43. The molecular formula is C44H72NO11P. The molecule has 0 spiro atoms. The number of carboxylic acids is 1. The van der Waals surface area contributed by atoms with Gasteiger partial charge in [0.15, 0.2) is 6.10 Å². The van der Waals surface area contributed by atoms with Crippen molar-refractivity contribution in [3.8, 4) is 0 Å². The summed E-state index contributed by atoms with van der Waals surface area (Å²) < 4.78 is 32.5. The number of esters is 2. The lowest BCUT2D eigenvalue weighted by Crippen LogP contribution is -2.34. The lowest BCUT2D eigenvalue weighted by Gasteiger charge is -2.20. The number of carbonyl (C=O) groups is 3. The fraction of sp³-hybridized carbons (Fsp3) is 0.614. The molecular weight excluding hydrogens is 749 g/mol. The molecule has 0 radical (unpaired) electrons. The Kier molecular flexibility index (Phi) is 35.9. The van der Waals surface area contributed by atoms with Crippen LogP contribution in [0.2, 0.25) is 0 Å². The van der Waals surface area contributed by atoms with E-state index in [0.29, 0.717) is 19.3 Å². The molecule has 0 aliphatic heterocycles. The van der Waals surface area contributed by atoms with Crippen LogP contribution in [-0.4, -0.2) is 71.1 Å². The fourth-order valence-electron chi connectivity index (χ4n) is 4.94. The van der Waals surface area contributed by atoms with Gasteiger partial charge in [-0.05, 0) is 70.6 Å². The molecule has 0 aromatic carbocycles. The van der Waals surface area contributed by atoms with Gasteiger partial charge in [-0.3, -0.25) is 23.4 Å². The van der Waals surface area contributed by atoms with Gasteiger partial charge in [0.2, 0.25) is 0 Å². The summed E-state index contributed by atoms with van der Waals surface area (Å²) in [7, 11) is -4.75. The van der Waals surface area contributed by atoms with Crippen molar-refractivity contribution < 1.29 is 52.6 Å². The van der Waals surface area contributed by atoms with Gasteiger partial charge in [0, 0.05) is 12.8 Å². The van der Waals surface area contributed by atoms with E-state index in [-0.39, 0.29) is 12.8 Å². The third-order valence-electron chi connectivity index (χ3n) is 8.23. The first-order valence-corrected chi connectivity index (χ1v) is 22.2. The molecule has 0 fully saturated rings. The number of hydrogen-bond donors (Lipinski definition) is 4. The normalized spacial score (nSPS) is 15.2. The molecule has 13 heteroatoms. The Morgan fingerprint density at radius 2 is 1.21 bits per heavy atom. The number of aliphatic hydroxyl groups excluding tert-OH is 1. The van der Waals surface area contributed by atoms with Crippen LogP contribution in [0, 0.1) is 0 Å². The zero-order valence-electron chi connectivity index (χ0n) is 34.5. The van der Waals surface area contributed by atoms with Crippen LogP contribution in [0.15, 0.2) is 85.1 Å². The Hall–Kier alpha value is -3.38. The first kappa shape index (κ1) is 53.6. The number of aliphatic carboxylic acids is 1. The first-order valence-electron chi connectivity index (χ1n) is 20.7. The minimum absolute atomic E-state index is 0.0563. The molecule has 0 saturated carbocycles. The molecule has 324 valence electrons. The Bertz CT molecular complexity index is 1300. The molecule has 0 aliphatic carbocycles. The predicted molar refractivity (Wildman–Crippen MR) is 227 cm³/mol. The van der Waals surface area contributed by atoms with Crippen LogP contribution >= 0.6 is 7.82 Å². The van der Waals surface area contributed by atoms with Crippen molar-refractivity contribution in [3.63, 3.8) is 0 Å². The highest BCUT2D eigenvalue weighted by atomic mass is 31.2. The maximum atomic E-state index is 12.6. The Balaban J connectivity index is 4.58. The van der Waals surface area contributed by atoms with Gasteiger partial charge in [-0.25, -0.2) is 4.57 Å². The molecule has 0 bridgehead atoms. The second-order valence-corrected chi connectivity index (χ2v) is 15.0. The number of aliphatic hydroxyl groups is 1. The van der Waals surface area contributed by atoms with Crippen molar-refractivity contribution in [2.24, 2.45) is 5.73 Å². The fourth-order valence-corrected chi connectivity index (χ4v) is 5.72. The number of ether oxygens (including phenoxy) is 2. The van der Waals surface area contributed by atoms with E-state index in [4.69, 9.17) is 24.8 Å². The zero-order valence-corrected chi connectivity index (χ0v) is 35.4. The lowest BCUT2D eigenvalue weighted by atomic mass is 10.1. The van der Waals surface area contributed by atoms with Gasteiger partial charge >= 0.3 is 25.7 Å². The molecule has 0 amide bonds. The molecule has 0 saturated heterocycles. The standard InChI is InChI=1S/C44H72NO11P/c1-3-5-7-8-9-10-11-12-13-14-17-20-23-26-30-34-42(47)53-36-40(37-54-57(51,52)55-38-41(45)44(49)50)56-43(48)35-31-27-24-21-18-15-16-19-22-25-29-33-39(46)32-28-6-4-2/h5,7,9-10,12-13,15-16,21-22,24-25,29,33,39-41,46H,3-4,6,8,11,14,17-20,23,26-28,30-32,34-38,45H2,1-2H3,(H,49,50)(H,51,52)/b7-5-,10-9-,13-12-,16-15-,24-21-,25-22-,33-29+/t39-,40+,41-/m0/s1. The molecule has 5 N–H and O–H groups in total. The summed E-state index contributed by atoms with van der Waals surface area (Å²) in [6.07, 6.45) is 42.7. The van der Waals surface area contributed by atoms with Gasteiger partial charge in [-0.2, -0.15) is 0 Å². The molecule has 0 rings (SSSR count). The number of phosphoric acid groups is 1. The molecule has 1 unspecified atom stereocenters. The molecule has 4 atom stereocenters. The van der Waals surface area contributed by atoms with Crippen molar-refractivity contribution in [1.82, 2.24) is 0 Å². The van der Waals surface area contributed by atoms with Crippen molar-refractivity contribution >= 4 is 25.7 Å². The summed E-state index contributed by atoms with van der Waals surface area (Å²) in [6, 6.07) is -1.54. The predicted octanol–water partition coefficient (Wildman–Crippen LogP) is 9.69. The van der Waals surface area contributed by atoms with Crippen LogP contribution in [0.5, 0.6) is 0 Å². The van der Waals surface area contributed by atoms with Crippen LogP contribution in [0.1, 0.15) is 136 Å². The summed E-state index contributed by atoms with van der Waals surface area (Å²) in [5.41, 5.74) is 5.32. The second-order valence-electron chi connectivity index (χ2n) is 13.6. The van der Waals surface area contributed by atoms with Crippen molar-refractivity contribution in [2.45, 2.75) is 154 Å². The van der Waals surface area contributed by atoms with Crippen LogP contribution in [-0.2, 0) is 37.5 Å². The first-order chi connectivity index (χ1) is 27.5. The summed E-state index contributed by atoms with van der Waals surface area (Å²) >= 11 is 0. The van der Waals surface area contributed by atoms with E-state index in [9.17, 15) is 28.9 Å². The van der Waals surface area contributed by atoms with Crippen LogP contribution in [0.3, 0.4) is 0 Å². The molecule has 0 aliphatic rings. The van der Waals surface area contributed by atoms with Crippen LogP contribution in [0.25, 0.3) is 0 Å². The summed E-state index contributed by atoms with van der Waals surface area (Å²) in [4.78, 5) is 45.9. The molecule has 0 aromatic rings. The Labute approximate surface area is 342 Å². The van der Waals surface area contributed by atoms with E-state index < -0.39 is 63.8 Å². The monoisotopic (exact) mass is 821 g/mol. The number of nitrogens with two attached hydrogens (primary N) is 1. The maximum absolute atomic E-state index is 12.6. The van der Waals surface area contributed by atoms with Gasteiger partial charge in [0.1, 0.15) is 12.6 Å². The third kappa shape index (κ3) is 37.9. The third-order valence-corrected chi connectivity index (χ3v) is 9.18. The average Bonchev–Trinajstić information content (AvgIpc) is 3.18. The second kappa shape index (κ2) is 38.2. The molecule has 0 heterocycles. The summed E-state index contributed by atoms with van der Waals surface area (Å²) in [6.45, 7) is 2.46. The molecule has 0 aromatic heterocycles. The SMILES string of the molecule is CC/C=C\C/C=C\C/C=C\CCCCCCCC(=O)OC[C@H](COP(=O)(O)OC[C@H](N)C(=O)O)OC(=O)CCC/C=C\C/C=C\C/C=C\C=C\[C@@H](O)CCCCC. The van der Waals surface area contributed by atoms with Crippen molar-refractivity contribution in [1.29, 1.82) is 0 Å². The Morgan fingerprint density at radius 3 is 1.86 bits per heavy atom. The quantitative estimate of drug-likeness (QED) is 0.0153. The van der Waals surface area contributed by atoms with Gasteiger partial charge in [0.25, 0.3) is 0 Å². The highest BCUT2D eigenvalue weighted by molar-refractivity contribution is 7.47. The van der Waals surface area contributed by atoms with E-state index in [0.717, 1.165) is 89.9 Å². The van der Waals surface area contributed by atoms with Gasteiger partial charge < -0.3 is 30.3 Å².